The number of aromatic nitrogens is 1. The van der Waals surface area contributed by atoms with Crippen molar-refractivity contribution in [2.24, 2.45) is 17.8 Å². The Morgan fingerprint density at radius 2 is 1.69 bits per heavy atom. The number of hydrogen-bond donors (Lipinski definition) is 3. The molecular formula is C40H59N5O9S. The number of carboxylic acids is 1. The van der Waals surface area contributed by atoms with Gasteiger partial charge in [0.15, 0.2) is 12.8 Å². The number of likely N-dealkylation sites (N-methyl/N-ethyl adjacent to an activating group) is 1. The molecule has 1 fully saturated rings. The Hall–Kier alpha value is -4.37. The molecule has 0 aliphatic carbocycles. The number of carbonyl (C=O) groups excluding carboxylic acids is 5. The van der Waals surface area contributed by atoms with Crippen LogP contribution in [0.1, 0.15) is 114 Å². The Kier molecular flexibility index (Phi) is 17.7. The van der Waals surface area contributed by atoms with Crippen LogP contribution in [0.3, 0.4) is 0 Å². The molecule has 7 unspecified atom stereocenters. The van der Waals surface area contributed by atoms with E-state index in [2.05, 4.69) is 15.6 Å². The summed E-state index contributed by atoms with van der Waals surface area (Å²) in [6, 6.07) is 6.99. The molecule has 0 bridgehead atoms. The Morgan fingerprint density at radius 3 is 2.27 bits per heavy atom. The molecule has 1 aliphatic heterocycles. The van der Waals surface area contributed by atoms with E-state index >= 15 is 0 Å². The zero-order valence-electron chi connectivity index (χ0n) is 33.4. The Bertz CT molecular complexity index is 1600. The maximum absolute atomic E-state index is 14.6. The summed E-state index contributed by atoms with van der Waals surface area (Å²) in [7, 11) is 1.90. The van der Waals surface area contributed by atoms with Gasteiger partial charge in [-0.3, -0.25) is 33.7 Å². The lowest BCUT2D eigenvalue weighted by atomic mass is 9.92. The van der Waals surface area contributed by atoms with E-state index in [0.29, 0.717) is 24.3 Å². The maximum atomic E-state index is 14.6. The van der Waals surface area contributed by atoms with E-state index in [0.717, 1.165) is 36.3 Å². The van der Waals surface area contributed by atoms with Crippen molar-refractivity contribution in [1.29, 1.82) is 0 Å². The fourth-order valence-corrected chi connectivity index (χ4v) is 7.64. The molecule has 0 spiro atoms. The molecule has 1 saturated heterocycles. The molecule has 14 nitrogen and oxygen atoms in total. The number of rotatable bonds is 20. The van der Waals surface area contributed by atoms with E-state index in [-0.39, 0.29) is 49.1 Å². The van der Waals surface area contributed by atoms with E-state index in [9.17, 15) is 33.9 Å². The second kappa shape index (κ2) is 21.6. The van der Waals surface area contributed by atoms with Gasteiger partial charge in [0.1, 0.15) is 16.7 Å². The number of nitrogens with zero attached hydrogens (tertiary/aromatic N) is 3. The second-order valence-corrected chi connectivity index (χ2v) is 15.9. The van der Waals surface area contributed by atoms with Gasteiger partial charge in [0.2, 0.25) is 11.8 Å². The number of carboxylic acid groups (broad SMARTS) is 1. The van der Waals surface area contributed by atoms with Gasteiger partial charge in [-0.15, -0.1) is 11.3 Å². The summed E-state index contributed by atoms with van der Waals surface area (Å²) >= 11 is 1.12. The number of ether oxygens (including phenoxy) is 2. The quantitative estimate of drug-likeness (QED) is 0.122. The summed E-state index contributed by atoms with van der Waals surface area (Å²) in [6.45, 7) is 12.1. The van der Waals surface area contributed by atoms with Gasteiger partial charge >= 0.3 is 17.9 Å². The van der Waals surface area contributed by atoms with Crippen molar-refractivity contribution in [3.05, 3.63) is 52.0 Å². The van der Waals surface area contributed by atoms with Crippen LogP contribution in [0.5, 0.6) is 0 Å². The first-order valence-corrected chi connectivity index (χ1v) is 20.0. The van der Waals surface area contributed by atoms with Gasteiger partial charge in [-0.2, -0.15) is 0 Å². The first kappa shape index (κ1) is 45.0. The minimum atomic E-state index is -0.983. The molecule has 1 aromatic heterocycles. The van der Waals surface area contributed by atoms with Gasteiger partial charge in [0, 0.05) is 37.7 Å². The summed E-state index contributed by atoms with van der Waals surface area (Å²) in [5.74, 6) is -4.54. The Balaban J connectivity index is 1.92. The predicted octanol–water partition coefficient (Wildman–Crippen LogP) is 4.98. The van der Waals surface area contributed by atoms with Crippen LogP contribution >= 0.6 is 11.3 Å². The number of esters is 2. The smallest absolute Gasteiger partial charge is 0.306 e. The summed E-state index contributed by atoms with van der Waals surface area (Å²) in [5, 5.41) is 17.4. The van der Waals surface area contributed by atoms with Crippen LogP contribution in [0.2, 0.25) is 0 Å². The molecule has 0 saturated carbocycles. The summed E-state index contributed by atoms with van der Waals surface area (Å²) in [5.41, 5.74) is 1.00. The van der Waals surface area contributed by atoms with Gasteiger partial charge in [0.05, 0.1) is 12.0 Å². The summed E-state index contributed by atoms with van der Waals surface area (Å²) in [4.78, 5) is 86.0. The number of benzene rings is 1. The number of nitrogens with one attached hydrogen (secondary N) is 2. The van der Waals surface area contributed by atoms with Crippen molar-refractivity contribution in [2.45, 2.75) is 124 Å². The van der Waals surface area contributed by atoms with Gasteiger partial charge in [0.25, 0.3) is 5.91 Å². The zero-order chi connectivity index (χ0) is 40.8. The number of amides is 3. The third-order valence-corrected chi connectivity index (χ3v) is 11.2. The lowest BCUT2D eigenvalue weighted by molar-refractivity contribution is -0.159. The summed E-state index contributed by atoms with van der Waals surface area (Å²) in [6.07, 6.45) is 2.86. The number of thiazole rings is 1. The summed E-state index contributed by atoms with van der Waals surface area (Å²) < 4.78 is 11.2. The van der Waals surface area contributed by atoms with Crippen molar-refractivity contribution in [2.75, 3.05) is 20.3 Å². The molecule has 2 aromatic rings. The number of aliphatic carboxylic acids is 1. The van der Waals surface area contributed by atoms with Gasteiger partial charge in [-0.25, -0.2) is 4.98 Å². The fraction of sp³-hybridized carbons (Fsp3) is 0.625. The van der Waals surface area contributed by atoms with Crippen LogP contribution in [0.4, 0.5) is 0 Å². The normalized spacial score (nSPS) is 17.9. The average molecular weight is 786 g/mol. The average Bonchev–Trinajstić information content (AvgIpc) is 3.63. The second-order valence-electron chi connectivity index (χ2n) is 15.0. The van der Waals surface area contributed by atoms with E-state index in [1.54, 1.807) is 12.3 Å². The predicted molar refractivity (Wildman–Crippen MR) is 208 cm³/mol. The minimum Gasteiger partial charge on any atom is -0.481 e. The van der Waals surface area contributed by atoms with E-state index in [4.69, 9.17) is 9.47 Å². The molecule has 304 valence electrons. The molecule has 1 aliphatic rings. The van der Waals surface area contributed by atoms with Crippen LogP contribution in [0.25, 0.3) is 0 Å². The van der Waals surface area contributed by atoms with Crippen LogP contribution in [0, 0.1) is 17.8 Å². The number of likely N-dealkylation sites (tertiary alicyclic amines) is 1. The third kappa shape index (κ3) is 13.7. The molecule has 3 N–H and O–H groups in total. The van der Waals surface area contributed by atoms with Crippen LogP contribution < -0.4 is 10.6 Å². The van der Waals surface area contributed by atoms with Crippen LogP contribution in [0.15, 0.2) is 35.7 Å². The first-order valence-electron chi connectivity index (χ1n) is 19.2. The van der Waals surface area contributed by atoms with E-state index in [1.807, 2.05) is 70.0 Å². The molecule has 15 heteroatoms. The molecule has 55 heavy (non-hydrogen) atoms. The van der Waals surface area contributed by atoms with Gasteiger partial charge in [-0.05, 0) is 56.7 Å². The lowest BCUT2D eigenvalue weighted by Gasteiger charge is -2.39. The van der Waals surface area contributed by atoms with Crippen molar-refractivity contribution < 1.29 is 43.3 Å². The van der Waals surface area contributed by atoms with Crippen LogP contribution in [-0.4, -0.2) is 100 Å². The molecule has 3 amide bonds. The van der Waals surface area contributed by atoms with Gasteiger partial charge < -0.3 is 30.1 Å². The highest BCUT2D eigenvalue weighted by molar-refractivity contribution is 7.09. The molecule has 3 rings (SSSR count). The molecular weight excluding hydrogens is 727 g/mol. The van der Waals surface area contributed by atoms with Gasteiger partial charge in [-0.1, -0.05) is 77.8 Å². The Labute approximate surface area is 328 Å². The monoisotopic (exact) mass is 785 g/mol. The van der Waals surface area contributed by atoms with E-state index in [1.165, 1.54) is 18.7 Å². The zero-order valence-corrected chi connectivity index (χ0v) is 34.2. The van der Waals surface area contributed by atoms with Crippen molar-refractivity contribution in [3.8, 4) is 0 Å². The minimum absolute atomic E-state index is 0.0537. The SMILES string of the molecule is CCC(C)C(NC(=O)C1CCCCN1C)C(=O)N(COC(C)=O)C(CC(OC(C)=O)c1nc(C(=O)NC(Cc2ccccc2)CC(C)C(=O)O)cs1)C(C)C. The molecule has 0 radical (unpaired) electrons. The maximum Gasteiger partial charge on any atom is 0.306 e. The topological polar surface area (TPSA) is 185 Å². The molecule has 2 heterocycles. The molecule has 7 atom stereocenters. The highest BCUT2D eigenvalue weighted by Gasteiger charge is 2.39. The standard InChI is InChI=1S/C40H59N5O9S/c1-9-25(4)35(43-37(49)32-17-13-14-18-44(32)8)39(50)45(23-53-27(6)46)33(24(2)3)21-34(54-28(7)47)38-42-31(22-55-38)36(48)41-30(19-26(5)40(51)52)20-29-15-11-10-12-16-29/h10-12,15-16,22,24-26,30,32-35H,9,13-14,17-21,23H2,1-8H3,(H,41,48)(H,43,49)(H,51,52). The molecule has 1 aromatic carbocycles. The highest BCUT2D eigenvalue weighted by atomic mass is 32.1. The Morgan fingerprint density at radius 1 is 1.00 bits per heavy atom. The lowest BCUT2D eigenvalue weighted by Crippen LogP contribution is -2.59. The van der Waals surface area contributed by atoms with E-state index < -0.39 is 59.9 Å². The number of piperidine rings is 1. The van der Waals surface area contributed by atoms with Crippen molar-refractivity contribution >= 4 is 47.0 Å². The number of carbonyl (C=O) groups is 6. The first-order chi connectivity index (χ1) is 26.0. The van der Waals surface area contributed by atoms with Crippen LogP contribution in [-0.2, 0) is 39.9 Å². The van der Waals surface area contributed by atoms with Crippen molar-refractivity contribution in [3.63, 3.8) is 0 Å². The largest absolute Gasteiger partial charge is 0.481 e. The van der Waals surface area contributed by atoms with Crippen molar-refractivity contribution in [1.82, 2.24) is 25.4 Å². The fourth-order valence-electron chi connectivity index (χ4n) is 6.80. The third-order valence-electron chi connectivity index (χ3n) is 10.2. The highest BCUT2D eigenvalue weighted by Crippen LogP contribution is 2.32. The number of hydrogen-bond acceptors (Lipinski definition) is 11.